The van der Waals surface area contributed by atoms with Crippen molar-refractivity contribution in [3.05, 3.63) is 29.8 Å². The highest BCUT2D eigenvalue weighted by Gasteiger charge is 2.15. The zero-order valence-electron chi connectivity index (χ0n) is 12.6. The maximum absolute atomic E-state index is 12.0. The van der Waals surface area contributed by atoms with Gasteiger partial charge in [0.05, 0.1) is 0 Å². The molecule has 1 aromatic rings. The summed E-state index contributed by atoms with van der Waals surface area (Å²) in [6.45, 7) is 0.659. The maximum atomic E-state index is 12.0. The van der Waals surface area contributed by atoms with Gasteiger partial charge in [-0.1, -0.05) is 43.9 Å². The Hall–Kier alpha value is -1.55. The first-order valence-electron chi connectivity index (χ1n) is 7.99. The van der Waals surface area contributed by atoms with Crippen LogP contribution in [0.25, 0.3) is 0 Å². The van der Waals surface area contributed by atoms with Gasteiger partial charge in [-0.2, -0.15) is 0 Å². The molecular formula is C17H26N2O2. The molecule has 21 heavy (non-hydrogen) atoms. The van der Waals surface area contributed by atoms with Gasteiger partial charge in [0.15, 0.2) is 6.61 Å². The van der Waals surface area contributed by atoms with Crippen LogP contribution >= 0.6 is 0 Å². The van der Waals surface area contributed by atoms with Gasteiger partial charge in [0.25, 0.3) is 5.91 Å². The molecule has 1 aliphatic rings. The fraction of sp³-hybridized carbons (Fsp3) is 0.588. The molecule has 1 saturated carbocycles. The fourth-order valence-corrected chi connectivity index (χ4v) is 2.84. The largest absolute Gasteiger partial charge is 0.483 e. The van der Waals surface area contributed by atoms with Crippen molar-refractivity contribution in [1.29, 1.82) is 0 Å². The zero-order chi connectivity index (χ0) is 14.9. The predicted octanol–water partition coefficient (Wildman–Crippen LogP) is 2.41. The van der Waals surface area contributed by atoms with E-state index in [9.17, 15) is 4.79 Å². The van der Waals surface area contributed by atoms with E-state index in [1.165, 1.54) is 25.7 Å². The summed E-state index contributed by atoms with van der Waals surface area (Å²) in [6.07, 6.45) is 7.95. The van der Waals surface area contributed by atoms with E-state index in [-0.39, 0.29) is 12.5 Å². The van der Waals surface area contributed by atoms with E-state index in [0.29, 0.717) is 12.6 Å². The van der Waals surface area contributed by atoms with Crippen LogP contribution in [0.15, 0.2) is 24.3 Å². The van der Waals surface area contributed by atoms with E-state index in [0.717, 1.165) is 30.6 Å². The van der Waals surface area contributed by atoms with Crippen molar-refractivity contribution in [3.8, 4) is 5.75 Å². The molecule has 1 aromatic carbocycles. The lowest BCUT2D eigenvalue weighted by molar-refractivity contribution is -0.123. The number of carbonyl (C=O) groups is 1. The first kappa shape index (κ1) is 15.8. The maximum Gasteiger partial charge on any atom is 0.258 e. The van der Waals surface area contributed by atoms with E-state index in [1.807, 2.05) is 24.3 Å². The van der Waals surface area contributed by atoms with Crippen molar-refractivity contribution in [3.63, 3.8) is 0 Å². The Kier molecular flexibility index (Phi) is 6.54. The standard InChI is InChI=1S/C17H26N2O2/c18-12-11-14-7-5-6-10-16(14)21-13-17(20)19-15-8-3-1-2-4-9-15/h5-7,10,15H,1-4,8-9,11-13,18H2,(H,19,20). The molecule has 1 amide bonds. The molecule has 4 nitrogen and oxygen atoms in total. The number of nitrogens with one attached hydrogen (secondary N) is 1. The van der Waals surface area contributed by atoms with Crippen LogP contribution < -0.4 is 15.8 Å². The third-order valence-corrected chi connectivity index (χ3v) is 3.97. The van der Waals surface area contributed by atoms with Crippen molar-refractivity contribution in [2.45, 2.75) is 51.0 Å². The number of hydrogen-bond acceptors (Lipinski definition) is 3. The lowest BCUT2D eigenvalue weighted by Crippen LogP contribution is -2.37. The van der Waals surface area contributed by atoms with Gasteiger partial charge >= 0.3 is 0 Å². The quantitative estimate of drug-likeness (QED) is 0.791. The summed E-state index contributed by atoms with van der Waals surface area (Å²) in [7, 11) is 0. The number of benzene rings is 1. The van der Waals surface area contributed by atoms with E-state index in [2.05, 4.69) is 5.32 Å². The summed E-state index contributed by atoms with van der Waals surface area (Å²) in [6, 6.07) is 8.08. The number of carbonyl (C=O) groups excluding carboxylic acids is 1. The molecule has 0 heterocycles. The highest BCUT2D eigenvalue weighted by Crippen LogP contribution is 2.19. The van der Waals surface area contributed by atoms with Gasteiger partial charge in [-0.15, -0.1) is 0 Å². The Morgan fingerprint density at radius 3 is 2.62 bits per heavy atom. The minimum absolute atomic E-state index is 0.0237. The molecule has 0 bridgehead atoms. The molecule has 0 aromatic heterocycles. The number of nitrogens with two attached hydrogens (primary N) is 1. The highest BCUT2D eigenvalue weighted by atomic mass is 16.5. The number of rotatable bonds is 6. The third kappa shape index (κ3) is 5.38. The van der Waals surface area contributed by atoms with Crippen LogP contribution in [0.2, 0.25) is 0 Å². The Labute approximate surface area is 127 Å². The van der Waals surface area contributed by atoms with E-state index >= 15 is 0 Å². The van der Waals surface area contributed by atoms with Crippen LogP contribution in [0.5, 0.6) is 5.75 Å². The Morgan fingerprint density at radius 1 is 1.19 bits per heavy atom. The second-order valence-corrected chi connectivity index (χ2v) is 5.69. The summed E-state index contributed by atoms with van der Waals surface area (Å²) in [5.41, 5.74) is 6.65. The molecule has 4 heteroatoms. The average Bonchev–Trinajstić information content (AvgIpc) is 2.75. The van der Waals surface area contributed by atoms with Gasteiger partial charge in [-0.05, 0) is 37.4 Å². The second-order valence-electron chi connectivity index (χ2n) is 5.69. The van der Waals surface area contributed by atoms with Gasteiger partial charge in [-0.25, -0.2) is 0 Å². The SMILES string of the molecule is NCCc1ccccc1OCC(=O)NC1CCCCCC1. The van der Waals surface area contributed by atoms with Crippen LogP contribution in [0, 0.1) is 0 Å². The summed E-state index contributed by atoms with van der Waals surface area (Å²) in [5.74, 6) is 0.739. The minimum atomic E-state index is -0.0237. The van der Waals surface area contributed by atoms with Crippen molar-refractivity contribution >= 4 is 5.91 Å². The Bertz CT molecular complexity index is 440. The molecule has 3 N–H and O–H groups in total. The van der Waals surface area contributed by atoms with Crippen LogP contribution in [-0.2, 0) is 11.2 Å². The van der Waals surface area contributed by atoms with Crippen molar-refractivity contribution in [1.82, 2.24) is 5.32 Å². The minimum Gasteiger partial charge on any atom is -0.483 e. The average molecular weight is 290 g/mol. The highest BCUT2D eigenvalue weighted by molar-refractivity contribution is 5.77. The molecule has 0 spiro atoms. The lowest BCUT2D eigenvalue weighted by atomic mass is 10.1. The molecule has 0 unspecified atom stereocenters. The molecule has 0 atom stereocenters. The lowest BCUT2D eigenvalue weighted by Gasteiger charge is -2.17. The molecule has 116 valence electrons. The smallest absolute Gasteiger partial charge is 0.258 e. The van der Waals surface area contributed by atoms with Crippen LogP contribution in [0.1, 0.15) is 44.1 Å². The van der Waals surface area contributed by atoms with Crippen LogP contribution in [0.3, 0.4) is 0 Å². The molecule has 2 rings (SSSR count). The van der Waals surface area contributed by atoms with Crippen molar-refractivity contribution in [2.75, 3.05) is 13.2 Å². The van der Waals surface area contributed by atoms with Gasteiger partial charge in [-0.3, -0.25) is 4.79 Å². The van der Waals surface area contributed by atoms with Gasteiger partial charge in [0.2, 0.25) is 0 Å². The van der Waals surface area contributed by atoms with Crippen molar-refractivity contribution in [2.24, 2.45) is 5.73 Å². The van der Waals surface area contributed by atoms with E-state index in [1.54, 1.807) is 0 Å². The molecule has 1 aliphatic carbocycles. The van der Waals surface area contributed by atoms with E-state index in [4.69, 9.17) is 10.5 Å². The molecular weight excluding hydrogens is 264 g/mol. The molecule has 1 fully saturated rings. The molecule has 0 radical (unpaired) electrons. The monoisotopic (exact) mass is 290 g/mol. The van der Waals surface area contributed by atoms with E-state index < -0.39 is 0 Å². The van der Waals surface area contributed by atoms with Crippen molar-refractivity contribution < 1.29 is 9.53 Å². The Morgan fingerprint density at radius 2 is 1.90 bits per heavy atom. The second kappa shape index (κ2) is 8.67. The summed E-state index contributed by atoms with van der Waals surface area (Å²) >= 11 is 0. The summed E-state index contributed by atoms with van der Waals surface area (Å²) < 4.78 is 5.66. The normalized spacial score (nSPS) is 16.2. The fourth-order valence-electron chi connectivity index (χ4n) is 2.84. The number of ether oxygens (including phenoxy) is 1. The number of amides is 1. The molecule has 0 aliphatic heterocycles. The molecule has 0 saturated heterocycles. The third-order valence-electron chi connectivity index (χ3n) is 3.97. The number of hydrogen-bond donors (Lipinski definition) is 2. The van der Waals surface area contributed by atoms with Crippen LogP contribution in [-0.4, -0.2) is 25.1 Å². The predicted molar refractivity (Wildman–Crippen MR) is 84.3 cm³/mol. The number of para-hydroxylation sites is 1. The topological polar surface area (TPSA) is 64.3 Å². The van der Waals surface area contributed by atoms with Gasteiger partial charge in [0.1, 0.15) is 5.75 Å². The first-order chi connectivity index (χ1) is 10.3. The zero-order valence-corrected chi connectivity index (χ0v) is 12.6. The van der Waals surface area contributed by atoms with Crippen LogP contribution in [0.4, 0.5) is 0 Å². The summed E-state index contributed by atoms with van der Waals surface area (Å²) in [4.78, 5) is 12.0. The first-order valence-corrected chi connectivity index (χ1v) is 7.99. The van der Waals surface area contributed by atoms with Gasteiger partial charge < -0.3 is 15.8 Å². The summed E-state index contributed by atoms with van der Waals surface area (Å²) in [5, 5.41) is 3.09. The Balaban J connectivity index is 1.80. The van der Waals surface area contributed by atoms with Gasteiger partial charge in [0, 0.05) is 6.04 Å².